The van der Waals surface area contributed by atoms with Gasteiger partial charge in [0, 0.05) is 39.5 Å². The number of hydrogen-bond acceptors (Lipinski definition) is 14. The summed E-state index contributed by atoms with van der Waals surface area (Å²) in [5.74, 6) is -6.98. The first-order valence-electron chi connectivity index (χ1n) is 18.2. The number of hydrogen-bond donors (Lipinski definition) is 0. The summed E-state index contributed by atoms with van der Waals surface area (Å²) in [4.78, 5) is 92.9. The van der Waals surface area contributed by atoms with Crippen molar-refractivity contribution in [1.29, 1.82) is 0 Å². The highest BCUT2D eigenvalue weighted by molar-refractivity contribution is 6.26. The molecule has 0 N–H and O–H groups in total. The molecule has 0 radical (unpaired) electrons. The van der Waals surface area contributed by atoms with Crippen molar-refractivity contribution in [2.75, 3.05) is 0 Å². The number of nitrogens with zero attached hydrogens (tertiary/aromatic N) is 1. The summed E-state index contributed by atoms with van der Waals surface area (Å²) in [5, 5.41) is 13.8. The molecule has 10 atom stereocenters. The Bertz CT molecular complexity index is 2120. The van der Waals surface area contributed by atoms with Crippen LogP contribution in [0.5, 0.6) is 0 Å². The van der Waals surface area contributed by atoms with Crippen LogP contribution in [0.1, 0.15) is 58.2 Å². The van der Waals surface area contributed by atoms with Crippen molar-refractivity contribution in [3.63, 3.8) is 0 Å². The maximum Gasteiger partial charge on any atom is 0.305 e. The number of Topliss-reactive ketones (excluding diaryl/α,β-unsaturated/α-hetero) is 1. The number of allylic oxidation sites excluding steroid dienone is 1. The van der Waals surface area contributed by atoms with Gasteiger partial charge in [-0.05, 0) is 34.8 Å². The molecule has 2 aliphatic carbocycles. The van der Waals surface area contributed by atoms with E-state index in [4.69, 9.17) is 28.4 Å². The SMILES string of the molecule is CC(=O)O[C@H]1O[C@@H]([C@H](OC(C)=O)[C@@H]2[C@H]([N+](=O)[O-])[C@@]3(C)C(=O)[C@]2(c2ccccc2)C(c2ccccc2)=C3c2ccccc2)[C@H](OC(C)=O)[C@@H](OC(C)=O)[C@@H]1OC(C)=O. The van der Waals surface area contributed by atoms with Gasteiger partial charge in [-0.15, -0.1) is 0 Å². The molecule has 1 saturated heterocycles. The summed E-state index contributed by atoms with van der Waals surface area (Å²) in [6, 6.07) is 24.2. The van der Waals surface area contributed by atoms with E-state index in [2.05, 4.69) is 0 Å². The largest absolute Gasteiger partial charge is 0.459 e. The first kappa shape index (κ1) is 40.4. The lowest BCUT2D eigenvalue weighted by Crippen LogP contribution is -2.67. The Hall–Kier alpha value is -6.22. The molecule has 3 aromatic carbocycles. The molecule has 3 aliphatic rings. The fraction of sp³-hybridized carbons (Fsp3) is 0.381. The molecule has 1 heterocycles. The predicted molar refractivity (Wildman–Crippen MR) is 198 cm³/mol. The zero-order valence-corrected chi connectivity index (χ0v) is 31.9. The Balaban J connectivity index is 1.74. The van der Waals surface area contributed by atoms with Crippen LogP contribution in [-0.2, 0) is 62.6 Å². The molecule has 15 heteroatoms. The zero-order chi connectivity index (χ0) is 41.4. The monoisotopic (exact) mass is 783 g/mol. The molecule has 6 rings (SSSR count). The van der Waals surface area contributed by atoms with Gasteiger partial charge in [0.1, 0.15) is 17.6 Å². The van der Waals surface area contributed by atoms with Gasteiger partial charge in [0.05, 0.1) is 11.3 Å². The fourth-order valence-corrected chi connectivity index (χ4v) is 9.12. The van der Waals surface area contributed by atoms with Gasteiger partial charge in [0.2, 0.25) is 18.4 Å². The Kier molecular flexibility index (Phi) is 11.2. The molecule has 57 heavy (non-hydrogen) atoms. The minimum atomic E-state index is -1.98. The molecule has 0 unspecified atom stereocenters. The van der Waals surface area contributed by atoms with E-state index in [0.29, 0.717) is 27.8 Å². The summed E-state index contributed by atoms with van der Waals surface area (Å²) in [6.07, 6.45) is -11.0. The second-order valence-corrected chi connectivity index (χ2v) is 14.3. The van der Waals surface area contributed by atoms with Crippen LogP contribution in [0.15, 0.2) is 91.0 Å². The number of ether oxygens (including phenoxy) is 6. The second-order valence-electron chi connectivity index (χ2n) is 14.3. The molecule has 15 nitrogen and oxygen atoms in total. The number of carbonyl (C=O) groups is 6. The lowest BCUT2D eigenvalue weighted by molar-refractivity contribution is -0.544. The predicted octanol–water partition coefficient (Wildman–Crippen LogP) is 4.41. The van der Waals surface area contributed by atoms with Crippen molar-refractivity contribution in [1.82, 2.24) is 0 Å². The number of rotatable bonds is 11. The van der Waals surface area contributed by atoms with Crippen molar-refractivity contribution in [3.05, 3.63) is 118 Å². The Morgan fingerprint density at radius 3 is 1.58 bits per heavy atom. The van der Waals surface area contributed by atoms with E-state index in [1.54, 1.807) is 91.0 Å². The van der Waals surface area contributed by atoms with Gasteiger partial charge in [0.25, 0.3) is 0 Å². The minimum Gasteiger partial charge on any atom is -0.459 e. The summed E-state index contributed by atoms with van der Waals surface area (Å²) < 4.78 is 34.7. The molecule has 3 aromatic rings. The van der Waals surface area contributed by atoms with E-state index < -0.39 is 100 Å². The first-order valence-corrected chi connectivity index (χ1v) is 18.2. The van der Waals surface area contributed by atoms with Crippen LogP contribution in [0.2, 0.25) is 0 Å². The van der Waals surface area contributed by atoms with E-state index in [-0.39, 0.29) is 0 Å². The Morgan fingerprint density at radius 2 is 1.11 bits per heavy atom. The smallest absolute Gasteiger partial charge is 0.305 e. The van der Waals surface area contributed by atoms with Crippen molar-refractivity contribution in [2.45, 2.75) is 89.8 Å². The fourth-order valence-electron chi connectivity index (χ4n) is 9.12. The van der Waals surface area contributed by atoms with E-state index in [9.17, 15) is 34.1 Å². The maximum absolute atomic E-state index is 15.8. The minimum absolute atomic E-state index is 0.322. The highest BCUT2D eigenvalue weighted by Crippen LogP contribution is 2.71. The molecule has 1 saturated carbocycles. The number of ketones is 1. The maximum atomic E-state index is 15.8. The van der Waals surface area contributed by atoms with Crippen molar-refractivity contribution < 1.29 is 62.1 Å². The van der Waals surface area contributed by atoms with Gasteiger partial charge in [0.15, 0.2) is 18.0 Å². The van der Waals surface area contributed by atoms with Crippen LogP contribution in [0, 0.1) is 21.4 Å². The van der Waals surface area contributed by atoms with Crippen LogP contribution in [0.4, 0.5) is 0 Å². The molecule has 2 fully saturated rings. The summed E-state index contributed by atoms with van der Waals surface area (Å²) in [5.41, 5.74) is -1.70. The third-order valence-electron chi connectivity index (χ3n) is 10.7. The molecular weight excluding hydrogens is 742 g/mol. The Labute approximate surface area is 327 Å². The molecule has 298 valence electrons. The zero-order valence-electron chi connectivity index (χ0n) is 31.9. The van der Waals surface area contributed by atoms with Gasteiger partial charge in [-0.3, -0.25) is 38.9 Å². The van der Waals surface area contributed by atoms with Gasteiger partial charge in [-0.25, -0.2) is 0 Å². The molecule has 2 bridgehead atoms. The standard InChI is InChI=1S/C42H41NO14/c1-22(44)52-33(34-35(53-23(2)45)36(54-24(3)46)37(55-25(4)47)39(57-34)56-26(5)48)32-38(43(50)51)41(6)30(27-16-10-7-11-17-27)31(28-18-12-8-13-19-28)42(32,40(41)49)29-20-14-9-15-21-29/h7-21,32-39H,1-6H3/t32-,33-,34+,35+,36-,37+,38+,39+,41+,42-/m1/s1. The number of carbonyl (C=O) groups excluding carboxylic acids is 6. The number of benzene rings is 3. The summed E-state index contributed by atoms with van der Waals surface area (Å²) >= 11 is 0. The average molecular weight is 784 g/mol. The molecule has 0 amide bonds. The molecular formula is C42H41NO14. The van der Waals surface area contributed by atoms with E-state index in [1.165, 1.54) is 6.92 Å². The molecule has 0 aromatic heterocycles. The third-order valence-corrected chi connectivity index (χ3v) is 10.7. The second kappa shape index (κ2) is 15.7. The average Bonchev–Trinajstić information content (AvgIpc) is 3.48. The van der Waals surface area contributed by atoms with E-state index in [0.717, 1.165) is 34.6 Å². The molecule has 0 spiro atoms. The van der Waals surface area contributed by atoms with Crippen molar-refractivity contribution in [2.24, 2.45) is 11.3 Å². The third kappa shape index (κ3) is 6.96. The van der Waals surface area contributed by atoms with Gasteiger partial charge < -0.3 is 28.4 Å². The highest BCUT2D eigenvalue weighted by Gasteiger charge is 2.82. The highest BCUT2D eigenvalue weighted by atomic mass is 16.7. The van der Waals surface area contributed by atoms with Gasteiger partial charge >= 0.3 is 29.8 Å². The number of fused-ring (bicyclic) bond motifs is 2. The summed E-state index contributed by atoms with van der Waals surface area (Å²) in [6.45, 7) is 6.64. The number of esters is 5. The van der Waals surface area contributed by atoms with Gasteiger partial charge in [-0.1, -0.05) is 91.0 Å². The summed E-state index contributed by atoms with van der Waals surface area (Å²) in [7, 11) is 0. The lowest BCUT2D eigenvalue weighted by atomic mass is 9.59. The topological polar surface area (TPSA) is 201 Å². The van der Waals surface area contributed by atoms with Crippen LogP contribution in [0.25, 0.3) is 11.1 Å². The normalized spacial score (nSPS) is 29.5. The lowest BCUT2D eigenvalue weighted by Gasteiger charge is -2.49. The first-order chi connectivity index (χ1) is 27.0. The molecule has 1 aliphatic heterocycles. The van der Waals surface area contributed by atoms with E-state index >= 15 is 4.79 Å². The van der Waals surface area contributed by atoms with E-state index in [1.807, 2.05) is 0 Å². The van der Waals surface area contributed by atoms with Crippen LogP contribution in [-0.4, -0.2) is 83.4 Å². The van der Waals surface area contributed by atoms with Gasteiger partial charge in [-0.2, -0.15) is 0 Å². The van der Waals surface area contributed by atoms with Crippen molar-refractivity contribution >= 4 is 46.8 Å². The quantitative estimate of drug-likeness (QED) is 0.115. The number of nitro groups is 1. The van der Waals surface area contributed by atoms with Crippen molar-refractivity contribution in [3.8, 4) is 0 Å². The Morgan fingerprint density at radius 1 is 0.649 bits per heavy atom. The van der Waals surface area contributed by atoms with Crippen LogP contribution >= 0.6 is 0 Å². The van der Waals surface area contributed by atoms with Crippen LogP contribution in [0.3, 0.4) is 0 Å². The van der Waals surface area contributed by atoms with Crippen LogP contribution < -0.4 is 0 Å².